The molecule has 7 heteroatoms. The van der Waals surface area contributed by atoms with Crippen molar-refractivity contribution in [3.05, 3.63) is 89.7 Å². The van der Waals surface area contributed by atoms with Crippen LogP contribution < -0.4 is 19.5 Å². The fraction of sp³-hybridized carbons (Fsp3) is 0.136. The van der Waals surface area contributed by atoms with Crippen molar-refractivity contribution < 1.29 is 18.8 Å². The first-order chi connectivity index (χ1) is 13.7. The summed E-state index contributed by atoms with van der Waals surface area (Å²) in [6, 6.07) is 19.0. The number of methoxy groups -OCH3 is 2. The van der Waals surface area contributed by atoms with Crippen molar-refractivity contribution in [2.75, 3.05) is 14.2 Å². The number of hydrogen-bond acceptors (Lipinski definition) is 4. The Morgan fingerprint density at radius 2 is 1.86 bits per heavy atom. The molecule has 0 aliphatic heterocycles. The maximum Gasteiger partial charge on any atom is 0.277 e. The Bertz CT molecular complexity index is 978. The summed E-state index contributed by atoms with van der Waals surface area (Å²) in [5.74, 6) is 1.03. The monoisotopic (exact) mass is 412 g/mol. The molecule has 0 spiro atoms. The van der Waals surface area contributed by atoms with Crippen molar-refractivity contribution in [1.29, 1.82) is 0 Å². The van der Waals surface area contributed by atoms with Gasteiger partial charge in [-0.15, -0.1) is 12.4 Å². The molecule has 0 saturated carbocycles. The lowest BCUT2D eigenvalue weighted by Crippen LogP contribution is -2.35. The van der Waals surface area contributed by atoms with Gasteiger partial charge in [0.25, 0.3) is 5.91 Å². The molecule has 1 aromatic heterocycles. The van der Waals surface area contributed by atoms with Gasteiger partial charge in [-0.3, -0.25) is 4.79 Å². The summed E-state index contributed by atoms with van der Waals surface area (Å²) >= 11 is 0. The van der Waals surface area contributed by atoms with Crippen LogP contribution in [0.2, 0.25) is 0 Å². The first-order valence-corrected chi connectivity index (χ1v) is 8.78. The zero-order valence-corrected chi connectivity index (χ0v) is 17.1. The van der Waals surface area contributed by atoms with Crippen LogP contribution in [0.3, 0.4) is 0 Å². The fourth-order valence-corrected chi connectivity index (χ4v) is 2.71. The number of pyridine rings is 1. The number of hydrogen-bond donors (Lipinski definition) is 1. The summed E-state index contributed by atoms with van der Waals surface area (Å²) in [6.07, 6.45) is 5.25. The van der Waals surface area contributed by atoms with E-state index in [0.717, 1.165) is 5.56 Å². The van der Waals surface area contributed by atoms with E-state index in [4.69, 9.17) is 9.47 Å². The minimum absolute atomic E-state index is 0. The van der Waals surface area contributed by atoms with Crippen LogP contribution in [0.15, 0.2) is 78.2 Å². The Hall–Kier alpha value is -3.38. The van der Waals surface area contributed by atoms with E-state index in [2.05, 4.69) is 10.5 Å². The Labute approximate surface area is 176 Å². The number of halogens is 1. The third-order valence-corrected chi connectivity index (χ3v) is 4.13. The molecule has 3 rings (SSSR count). The molecule has 0 fully saturated rings. The van der Waals surface area contributed by atoms with E-state index >= 15 is 0 Å². The molecule has 3 aromatic rings. The summed E-state index contributed by atoms with van der Waals surface area (Å²) in [5, 5.41) is 4.05. The van der Waals surface area contributed by atoms with Gasteiger partial charge in [0.15, 0.2) is 18.9 Å². The number of hydrazone groups is 1. The van der Waals surface area contributed by atoms with Gasteiger partial charge in [0.2, 0.25) is 0 Å². The van der Waals surface area contributed by atoms with Crippen molar-refractivity contribution in [2.45, 2.75) is 6.54 Å². The number of carbonyl (C=O) groups is 1. The quantitative estimate of drug-likeness (QED) is 0.368. The van der Waals surface area contributed by atoms with Gasteiger partial charge in [0.05, 0.1) is 20.4 Å². The average Bonchev–Trinajstić information content (AvgIpc) is 2.74. The maximum absolute atomic E-state index is 12.4. The Morgan fingerprint density at radius 1 is 1.07 bits per heavy atom. The lowest BCUT2D eigenvalue weighted by Gasteiger charge is -2.06. The Balaban J connectivity index is 0.00000300. The van der Waals surface area contributed by atoms with Crippen LogP contribution in [0, 0.1) is 0 Å². The minimum Gasteiger partial charge on any atom is -0.497 e. The normalized spacial score (nSPS) is 10.3. The highest BCUT2D eigenvalue weighted by Gasteiger charge is 2.11. The van der Waals surface area contributed by atoms with Crippen LogP contribution in [-0.4, -0.2) is 26.3 Å². The second kappa shape index (κ2) is 10.8. The van der Waals surface area contributed by atoms with Gasteiger partial charge in [0, 0.05) is 17.2 Å². The lowest BCUT2D eigenvalue weighted by molar-refractivity contribution is -0.688. The lowest BCUT2D eigenvalue weighted by atomic mass is 10.2. The second-order valence-corrected chi connectivity index (χ2v) is 6.06. The number of nitrogens with zero attached hydrogens (tertiary/aromatic N) is 2. The summed E-state index contributed by atoms with van der Waals surface area (Å²) in [7, 11) is 3.16. The molecule has 1 heterocycles. The molecule has 0 aliphatic rings. The van der Waals surface area contributed by atoms with E-state index in [1.807, 2.05) is 47.2 Å². The molecule has 0 saturated heterocycles. The highest BCUT2D eigenvalue weighted by molar-refractivity contribution is 5.94. The molecule has 0 atom stereocenters. The van der Waals surface area contributed by atoms with E-state index in [-0.39, 0.29) is 18.3 Å². The highest BCUT2D eigenvalue weighted by atomic mass is 35.5. The number of benzene rings is 2. The zero-order valence-electron chi connectivity index (χ0n) is 16.2. The van der Waals surface area contributed by atoms with Crippen molar-refractivity contribution in [2.24, 2.45) is 5.10 Å². The third-order valence-electron chi connectivity index (χ3n) is 4.13. The molecule has 0 bridgehead atoms. The molecule has 0 radical (unpaired) electrons. The number of aromatic nitrogens is 1. The number of nitrogens with one attached hydrogen (secondary N) is 1. The Kier molecular flexibility index (Phi) is 8.18. The molecule has 1 N–H and O–H groups in total. The van der Waals surface area contributed by atoms with Crippen LogP contribution in [0.5, 0.6) is 11.5 Å². The minimum atomic E-state index is -0.291. The predicted molar refractivity (Wildman–Crippen MR) is 114 cm³/mol. The summed E-state index contributed by atoms with van der Waals surface area (Å²) in [6.45, 7) is 0.687. The largest absolute Gasteiger partial charge is 0.497 e. The molecular weight excluding hydrogens is 390 g/mol. The van der Waals surface area contributed by atoms with Gasteiger partial charge in [0.1, 0.15) is 17.1 Å². The molecule has 150 valence electrons. The number of rotatable bonds is 7. The molecule has 0 aliphatic carbocycles. The Morgan fingerprint density at radius 3 is 2.59 bits per heavy atom. The highest BCUT2D eigenvalue weighted by Crippen LogP contribution is 2.22. The summed E-state index contributed by atoms with van der Waals surface area (Å²) < 4.78 is 12.5. The average molecular weight is 413 g/mol. The number of ether oxygens (including phenoxy) is 2. The summed E-state index contributed by atoms with van der Waals surface area (Å²) in [4.78, 5) is 12.4. The van der Waals surface area contributed by atoms with E-state index in [1.165, 1.54) is 6.21 Å². The SMILES string of the molecule is COc1ccc(OC)c(/C=N/NC(=O)c2ccc[n+](Cc3ccccc3)c2)c1.Cl. The van der Waals surface area contributed by atoms with Crippen LogP contribution in [0.25, 0.3) is 0 Å². The number of carbonyl (C=O) groups excluding carboxylic acids is 1. The smallest absolute Gasteiger partial charge is 0.277 e. The standard InChI is InChI=1S/C22H21N3O3.ClH/c1-27-20-10-11-21(28-2)19(13-20)14-23-24-22(26)18-9-6-12-25(16-18)15-17-7-4-3-5-8-17;/h3-14,16H,15H2,1-2H3;1H/p+1/b23-14+;. The van der Waals surface area contributed by atoms with Crippen LogP contribution in [0.4, 0.5) is 0 Å². The maximum atomic E-state index is 12.4. The van der Waals surface area contributed by atoms with Crippen molar-refractivity contribution in [3.8, 4) is 11.5 Å². The molecule has 2 aromatic carbocycles. The van der Waals surface area contributed by atoms with Crippen LogP contribution in [-0.2, 0) is 6.54 Å². The first-order valence-electron chi connectivity index (χ1n) is 8.78. The molecule has 29 heavy (non-hydrogen) atoms. The topological polar surface area (TPSA) is 63.8 Å². The van der Waals surface area contributed by atoms with Gasteiger partial charge in [-0.05, 0) is 24.3 Å². The van der Waals surface area contributed by atoms with Crippen LogP contribution in [0.1, 0.15) is 21.5 Å². The van der Waals surface area contributed by atoms with Gasteiger partial charge < -0.3 is 9.47 Å². The fourth-order valence-electron chi connectivity index (χ4n) is 2.71. The number of amides is 1. The second-order valence-electron chi connectivity index (χ2n) is 6.06. The van der Waals surface area contributed by atoms with Gasteiger partial charge in [-0.1, -0.05) is 30.3 Å². The third kappa shape index (κ3) is 6.05. The summed E-state index contributed by atoms with van der Waals surface area (Å²) in [5.41, 5.74) is 4.93. The predicted octanol–water partition coefficient (Wildman–Crippen LogP) is 3.23. The van der Waals surface area contributed by atoms with Crippen LogP contribution >= 0.6 is 12.4 Å². The van der Waals surface area contributed by atoms with E-state index < -0.39 is 0 Å². The molecular formula is C22H23ClN3O3+. The molecule has 0 unspecified atom stereocenters. The molecule has 6 nitrogen and oxygen atoms in total. The molecule has 1 amide bonds. The van der Waals surface area contributed by atoms with E-state index in [1.54, 1.807) is 44.7 Å². The van der Waals surface area contributed by atoms with Crippen molar-refractivity contribution >= 4 is 24.5 Å². The van der Waals surface area contributed by atoms with E-state index in [0.29, 0.717) is 29.2 Å². The van der Waals surface area contributed by atoms with Gasteiger partial charge >= 0.3 is 0 Å². The van der Waals surface area contributed by atoms with Gasteiger partial charge in [-0.2, -0.15) is 9.67 Å². The van der Waals surface area contributed by atoms with E-state index in [9.17, 15) is 4.79 Å². The van der Waals surface area contributed by atoms with Gasteiger partial charge in [-0.25, -0.2) is 5.43 Å². The van der Waals surface area contributed by atoms with Crippen molar-refractivity contribution in [3.63, 3.8) is 0 Å². The first kappa shape index (κ1) is 21.9. The zero-order chi connectivity index (χ0) is 19.8. The van der Waals surface area contributed by atoms with Crippen molar-refractivity contribution in [1.82, 2.24) is 5.43 Å².